The van der Waals surface area contributed by atoms with Crippen LogP contribution in [0.3, 0.4) is 0 Å². The van der Waals surface area contributed by atoms with Gasteiger partial charge in [0.1, 0.15) is 5.82 Å². The van der Waals surface area contributed by atoms with E-state index in [4.69, 9.17) is 11.6 Å². The standard InChI is InChI=1S/C7H2ClFNS/c8-4-1-6-7(2-5(4)9)11-3-10-6/h1-2H. The van der Waals surface area contributed by atoms with Gasteiger partial charge >= 0.3 is 0 Å². The molecule has 0 bridgehead atoms. The molecule has 0 saturated carbocycles. The van der Waals surface area contributed by atoms with Crippen molar-refractivity contribution >= 4 is 33.2 Å². The SMILES string of the molecule is Fc1cc2s[c]nc2cc1Cl. The highest BCUT2D eigenvalue weighted by Gasteiger charge is 2.03. The number of halogens is 2. The molecule has 0 unspecified atom stereocenters. The summed E-state index contributed by atoms with van der Waals surface area (Å²) in [7, 11) is 0. The van der Waals surface area contributed by atoms with E-state index in [1.807, 2.05) is 0 Å². The van der Waals surface area contributed by atoms with E-state index in [0.717, 1.165) is 4.70 Å². The fourth-order valence-electron chi connectivity index (χ4n) is 0.808. The van der Waals surface area contributed by atoms with Crippen LogP contribution in [0.25, 0.3) is 10.2 Å². The first-order chi connectivity index (χ1) is 5.27. The minimum Gasteiger partial charge on any atom is -0.233 e. The highest BCUT2D eigenvalue weighted by atomic mass is 35.5. The first kappa shape index (κ1) is 7.00. The van der Waals surface area contributed by atoms with Gasteiger partial charge in [-0.05, 0) is 12.1 Å². The Morgan fingerprint density at radius 3 is 3.18 bits per heavy atom. The summed E-state index contributed by atoms with van der Waals surface area (Å²) in [6.45, 7) is 0. The summed E-state index contributed by atoms with van der Waals surface area (Å²) in [5, 5.41) is 0.108. The molecule has 0 saturated heterocycles. The van der Waals surface area contributed by atoms with Crippen molar-refractivity contribution in [3.8, 4) is 0 Å². The van der Waals surface area contributed by atoms with Crippen molar-refractivity contribution in [1.29, 1.82) is 0 Å². The molecule has 1 heterocycles. The summed E-state index contributed by atoms with van der Waals surface area (Å²) in [5.41, 5.74) is 3.35. The third-order valence-corrected chi connectivity index (χ3v) is 2.34. The second kappa shape index (κ2) is 2.43. The van der Waals surface area contributed by atoms with Gasteiger partial charge in [-0.1, -0.05) is 11.6 Å². The number of rotatable bonds is 0. The molecular formula is C7H2ClFNS. The van der Waals surface area contributed by atoms with Gasteiger partial charge in [-0.15, -0.1) is 11.3 Å². The zero-order chi connectivity index (χ0) is 7.84. The van der Waals surface area contributed by atoms with Crippen LogP contribution in [-0.2, 0) is 0 Å². The summed E-state index contributed by atoms with van der Waals surface area (Å²) in [6.07, 6.45) is 0. The molecule has 1 aromatic carbocycles. The molecule has 2 rings (SSSR count). The number of benzene rings is 1. The summed E-state index contributed by atoms with van der Waals surface area (Å²) in [4.78, 5) is 3.86. The third-order valence-electron chi connectivity index (χ3n) is 1.32. The van der Waals surface area contributed by atoms with Gasteiger partial charge in [-0.25, -0.2) is 9.37 Å². The molecule has 1 radical (unpaired) electrons. The average Bonchev–Trinajstić information content (AvgIpc) is 2.36. The van der Waals surface area contributed by atoms with Crippen molar-refractivity contribution in [3.63, 3.8) is 0 Å². The first-order valence-electron chi connectivity index (χ1n) is 2.89. The molecule has 0 N–H and O–H groups in total. The van der Waals surface area contributed by atoms with Crippen molar-refractivity contribution in [2.45, 2.75) is 0 Å². The van der Waals surface area contributed by atoms with Crippen LogP contribution in [0.2, 0.25) is 5.02 Å². The highest BCUT2D eigenvalue weighted by molar-refractivity contribution is 7.16. The summed E-state index contributed by atoms with van der Waals surface area (Å²) < 4.78 is 13.5. The minimum atomic E-state index is -0.406. The zero-order valence-electron chi connectivity index (χ0n) is 5.27. The molecule has 1 nitrogen and oxygen atoms in total. The number of nitrogens with zero attached hydrogens (tertiary/aromatic N) is 1. The molecule has 11 heavy (non-hydrogen) atoms. The van der Waals surface area contributed by atoms with Gasteiger partial charge in [0.05, 0.1) is 15.2 Å². The van der Waals surface area contributed by atoms with E-state index < -0.39 is 5.82 Å². The number of aromatic nitrogens is 1. The molecule has 0 atom stereocenters. The van der Waals surface area contributed by atoms with Crippen LogP contribution in [0.15, 0.2) is 12.1 Å². The fourth-order valence-corrected chi connectivity index (χ4v) is 1.58. The maximum absolute atomic E-state index is 12.8. The van der Waals surface area contributed by atoms with E-state index >= 15 is 0 Å². The average molecular weight is 187 g/mol. The predicted octanol–water partition coefficient (Wildman–Crippen LogP) is 2.89. The zero-order valence-corrected chi connectivity index (χ0v) is 6.84. The monoisotopic (exact) mass is 186 g/mol. The Bertz CT molecular complexity index is 362. The number of fused-ring (bicyclic) bond motifs is 1. The van der Waals surface area contributed by atoms with Crippen LogP contribution in [0.1, 0.15) is 0 Å². The largest absolute Gasteiger partial charge is 0.233 e. The normalized spacial score (nSPS) is 10.7. The Balaban J connectivity index is 2.86. The van der Waals surface area contributed by atoms with Crippen molar-refractivity contribution in [2.24, 2.45) is 0 Å². The second-order valence-electron chi connectivity index (χ2n) is 2.04. The number of thiazole rings is 1. The molecule has 1 aromatic heterocycles. The lowest BCUT2D eigenvalue weighted by Gasteiger charge is -1.91. The fraction of sp³-hybridized carbons (Fsp3) is 0. The van der Waals surface area contributed by atoms with Gasteiger partial charge in [0.15, 0.2) is 5.51 Å². The van der Waals surface area contributed by atoms with Crippen LogP contribution >= 0.6 is 22.9 Å². The molecule has 0 aliphatic carbocycles. The Labute approximate surface area is 71.4 Å². The minimum absolute atomic E-state index is 0.108. The van der Waals surface area contributed by atoms with E-state index in [-0.39, 0.29) is 5.02 Å². The Kier molecular flexibility index (Phi) is 1.55. The van der Waals surface area contributed by atoms with E-state index in [0.29, 0.717) is 5.52 Å². The van der Waals surface area contributed by atoms with Crippen LogP contribution in [0, 0.1) is 11.3 Å². The number of hydrogen-bond donors (Lipinski definition) is 0. The van der Waals surface area contributed by atoms with Gasteiger partial charge < -0.3 is 0 Å². The van der Waals surface area contributed by atoms with Crippen LogP contribution in [0.4, 0.5) is 4.39 Å². The maximum atomic E-state index is 12.8. The molecular weight excluding hydrogens is 185 g/mol. The van der Waals surface area contributed by atoms with Crippen molar-refractivity contribution in [1.82, 2.24) is 4.98 Å². The lowest BCUT2D eigenvalue weighted by atomic mass is 10.3. The highest BCUT2D eigenvalue weighted by Crippen LogP contribution is 2.23. The summed E-state index contributed by atoms with van der Waals surface area (Å²) in [6, 6.07) is 2.87. The van der Waals surface area contributed by atoms with E-state index in [1.165, 1.54) is 23.5 Å². The van der Waals surface area contributed by atoms with E-state index in [1.54, 1.807) is 0 Å². The van der Waals surface area contributed by atoms with Gasteiger partial charge in [-0.3, -0.25) is 0 Å². The van der Waals surface area contributed by atoms with E-state index in [9.17, 15) is 4.39 Å². The van der Waals surface area contributed by atoms with Crippen molar-refractivity contribution < 1.29 is 4.39 Å². The van der Waals surface area contributed by atoms with Crippen LogP contribution < -0.4 is 0 Å². The molecule has 55 valence electrons. The first-order valence-corrected chi connectivity index (χ1v) is 4.08. The molecule has 0 aliphatic rings. The summed E-state index contributed by atoms with van der Waals surface area (Å²) >= 11 is 6.80. The molecule has 0 amide bonds. The lowest BCUT2D eigenvalue weighted by Crippen LogP contribution is -1.75. The van der Waals surface area contributed by atoms with Gasteiger partial charge in [-0.2, -0.15) is 0 Å². The Morgan fingerprint density at radius 2 is 2.36 bits per heavy atom. The second-order valence-corrected chi connectivity index (χ2v) is 3.27. The van der Waals surface area contributed by atoms with Gasteiger partial charge in [0.25, 0.3) is 0 Å². The topological polar surface area (TPSA) is 12.9 Å². The molecule has 4 heteroatoms. The quantitative estimate of drug-likeness (QED) is 0.617. The predicted molar refractivity (Wildman–Crippen MR) is 43.4 cm³/mol. The molecule has 0 spiro atoms. The maximum Gasteiger partial charge on any atom is 0.153 e. The van der Waals surface area contributed by atoms with Gasteiger partial charge in [0.2, 0.25) is 0 Å². The Morgan fingerprint density at radius 1 is 1.55 bits per heavy atom. The third kappa shape index (κ3) is 1.10. The van der Waals surface area contributed by atoms with E-state index in [2.05, 4.69) is 10.5 Å². The summed E-state index contributed by atoms with van der Waals surface area (Å²) in [5.74, 6) is -0.406. The van der Waals surface area contributed by atoms with Crippen molar-refractivity contribution in [3.05, 3.63) is 28.5 Å². The molecule has 0 aliphatic heterocycles. The van der Waals surface area contributed by atoms with Crippen LogP contribution in [-0.4, -0.2) is 4.98 Å². The van der Waals surface area contributed by atoms with Gasteiger partial charge in [0, 0.05) is 0 Å². The smallest absolute Gasteiger partial charge is 0.153 e. The van der Waals surface area contributed by atoms with Crippen molar-refractivity contribution in [2.75, 3.05) is 0 Å². The molecule has 0 fully saturated rings. The lowest BCUT2D eigenvalue weighted by molar-refractivity contribution is 0.630. The van der Waals surface area contributed by atoms with Crippen LogP contribution in [0.5, 0.6) is 0 Å². The molecule has 2 aromatic rings. The Hall–Kier alpha value is -0.670. The number of hydrogen-bond acceptors (Lipinski definition) is 2.